The first-order valence-corrected chi connectivity index (χ1v) is 5.98. The van der Waals surface area contributed by atoms with E-state index in [0.717, 1.165) is 25.7 Å². The molecule has 1 N–H and O–H groups in total. The summed E-state index contributed by atoms with van der Waals surface area (Å²) in [6.07, 6.45) is 4.16. The highest BCUT2D eigenvalue weighted by Gasteiger charge is 2.54. The molecule has 0 bridgehead atoms. The molecular formula is C12H17FO3. The Bertz CT molecular complexity index is 309. The molecule has 0 radical (unpaired) electrons. The van der Waals surface area contributed by atoms with Gasteiger partial charge in [-0.3, -0.25) is 9.59 Å². The van der Waals surface area contributed by atoms with Crippen molar-refractivity contribution in [2.24, 2.45) is 11.8 Å². The Labute approximate surface area is 94.0 Å². The minimum atomic E-state index is -2.08. The molecule has 16 heavy (non-hydrogen) atoms. The number of ketones is 1. The van der Waals surface area contributed by atoms with Crippen molar-refractivity contribution >= 4 is 11.8 Å². The first-order chi connectivity index (χ1) is 7.54. The van der Waals surface area contributed by atoms with Gasteiger partial charge in [0, 0.05) is 12.3 Å². The number of alkyl halides is 1. The third-order valence-corrected chi connectivity index (χ3v) is 4.11. The van der Waals surface area contributed by atoms with Crippen molar-refractivity contribution < 1.29 is 19.1 Å². The fourth-order valence-corrected chi connectivity index (χ4v) is 3.35. The fourth-order valence-electron chi connectivity index (χ4n) is 3.35. The van der Waals surface area contributed by atoms with Crippen molar-refractivity contribution in [1.29, 1.82) is 0 Å². The van der Waals surface area contributed by atoms with Crippen LogP contribution in [-0.4, -0.2) is 22.5 Å². The Morgan fingerprint density at radius 1 is 1.38 bits per heavy atom. The molecular weight excluding hydrogens is 211 g/mol. The smallest absolute Gasteiger partial charge is 0.307 e. The zero-order valence-electron chi connectivity index (χ0n) is 9.25. The fraction of sp³-hybridized carbons (Fsp3) is 0.833. The Balaban J connectivity index is 2.16. The molecule has 0 aliphatic heterocycles. The van der Waals surface area contributed by atoms with Crippen LogP contribution in [0.1, 0.15) is 44.9 Å². The molecule has 0 aromatic rings. The number of halogens is 1. The van der Waals surface area contributed by atoms with E-state index in [-0.39, 0.29) is 18.3 Å². The second-order valence-electron chi connectivity index (χ2n) is 5.05. The Morgan fingerprint density at radius 2 is 2.00 bits per heavy atom. The van der Waals surface area contributed by atoms with Gasteiger partial charge in [-0.2, -0.15) is 0 Å². The zero-order chi connectivity index (χ0) is 11.8. The van der Waals surface area contributed by atoms with Crippen LogP contribution in [0.4, 0.5) is 4.39 Å². The van der Waals surface area contributed by atoms with Crippen molar-refractivity contribution in [1.82, 2.24) is 0 Å². The lowest BCUT2D eigenvalue weighted by Gasteiger charge is -2.29. The summed E-state index contributed by atoms with van der Waals surface area (Å²) in [5.74, 6) is -1.83. The second-order valence-corrected chi connectivity index (χ2v) is 5.05. The number of carbonyl (C=O) groups is 2. The highest BCUT2D eigenvalue weighted by Crippen LogP contribution is 2.48. The largest absolute Gasteiger partial charge is 0.481 e. The minimum Gasteiger partial charge on any atom is -0.481 e. The number of hydrogen-bond donors (Lipinski definition) is 1. The Hall–Kier alpha value is -0.930. The second kappa shape index (κ2) is 4.15. The van der Waals surface area contributed by atoms with E-state index in [4.69, 9.17) is 5.11 Å². The molecule has 2 saturated carbocycles. The van der Waals surface area contributed by atoms with E-state index in [1.165, 1.54) is 0 Å². The number of carboxylic acid groups (broad SMARTS) is 1. The van der Waals surface area contributed by atoms with Gasteiger partial charge in [-0.15, -0.1) is 0 Å². The van der Waals surface area contributed by atoms with Crippen molar-refractivity contribution in [2.45, 2.75) is 50.6 Å². The van der Waals surface area contributed by atoms with E-state index < -0.39 is 23.8 Å². The highest BCUT2D eigenvalue weighted by molar-refractivity contribution is 5.93. The van der Waals surface area contributed by atoms with Crippen molar-refractivity contribution in [3.05, 3.63) is 0 Å². The molecule has 90 valence electrons. The summed E-state index contributed by atoms with van der Waals surface area (Å²) in [5.41, 5.74) is -2.08. The molecule has 2 unspecified atom stereocenters. The van der Waals surface area contributed by atoms with Gasteiger partial charge < -0.3 is 5.11 Å². The van der Waals surface area contributed by atoms with Crippen LogP contribution in [0.2, 0.25) is 0 Å². The average Bonchev–Trinajstić information content (AvgIpc) is 2.76. The van der Waals surface area contributed by atoms with Gasteiger partial charge in [-0.25, -0.2) is 4.39 Å². The van der Waals surface area contributed by atoms with Gasteiger partial charge in [0.1, 0.15) is 0 Å². The van der Waals surface area contributed by atoms with Gasteiger partial charge in [-0.05, 0) is 12.3 Å². The molecule has 4 heteroatoms. The van der Waals surface area contributed by atoms with Crippen molar-refractivity contribution in [3.63, 3.8) is 0 Å². The van der Waals surface area contributed by atoms with Gasteiger partial charge in [0.05, 0.1) is 6.42 Å². The zero-order valence-corrected chi connectivity index (χ0v) is 9.25. The molecule has 2 fully saturated rings. The summed E-state index contributed by atoms with van der Waals surface area (Å²) in [7, 11) is 0. The Kier molecular flexibility index (Phi) is 3.00. The lowest BCUT2D eigenvalue weighted by molar-refractivity contribution is -0.146. The predicted molar refractivity (Wildman–Crippen MR) is 55.8 cm³/mol. The monoisotopic (exact) mass is 228 g/mol. The highest BCUT2D eigenvalue weighted by atomic mass is 19.1. The molecule has 0 aromatic heterocycles. The van der Waals surface area contributed by atoms with Crippen molar-refractivity contribution in [2.75, 3.05) is 0 Å². The molecule has 0 aromatic carbocycles. The molecule has 3 nitrogen and oxygen atoms in total. The van der Waals surface area contributed by atoms with E-state index >= 15 is 0 Å². The predicted octanol–water partition coefficient (Wildman–Crippen LogP) is 2.34. The summed E-state index contributed by atoms with van der Waals surface area (Å²) >= 11 is 0. The van der Waals surface area contributed by atoms with E-state index in [2.05, 4.69) is 0 Å². The van der Waals surface area contributed by atoms with Gasteiger partial charge >= 0.3 is 5.97 Å². The topological polar surface area (TPSA) is 54.4 Å². The van der Waals surface area contributed by atoms with Crippen molar-refractivity contribution in [3.8, 4) is 0 Å². The van der Waals surface area contributed by atoms with Gasteiger partial charge in [0.25, 0.3) is 0 Å². The number of carboxylic acids is 1. The average molecular weight is 228 g/mol. The van der Waals surface area contributed by atoms with Crippen LogP contribution in [0.25, 0.3) is 0 Å². The standard InChI is InChI=1S/C12H17FO3/c13-12(7-11(15)16)9(5-6-10(12)14)8-3-1-2-4-8/h8-9H,1-7H2,(H,15,16). The van der Waals surface area contributed by atoms with E-state index in [9.17, 15) is 14.0 Å². The number of rotatable bonds is 3. The molecule has 2 aliphatic rings. The van der Waals surface area contributed by atoms with Crippen LogP contribution in [0, 0.1) is 11.8 Å². The van der Waals surface area contributed by atoms with E-state index in [0.29, 0.717) is 6.42 Å². The van der Waals surface area contributed by atoms with Crippen LogP contribution in [0.3, 0.4) is 0 Å². The summed E-state index contributed by atoms with van der Waals surface area (Å²) in [6.45, 7) is 0. The maximum atomic E-state index is 14.5. The third kappa shape index (κ3) is 1.85. The molecule has 0 amide bonds. The summed E-state index contributed by atoms with van der Waals surface area (Å²) in [4.78, 5) is 22.2. The first-order valence-electron chi connectivity index (χ1n) is 5.98. The third-order valence-electron chi connectivity index (χ3n) is 4.11. The molecule has 2 rings (SSSR count). The normalized spacial score (nSPS) is 35.8. The summed E-state index contributed by atoms with van der Waals surface area (Å²) in [6, 6.07) is 0. The van der Waals surface area contributed by atoms with Crippen LogP contribution >= 0.6 is 0 Å². The number of carbonyl (C=O) groups excluding carboxylic acids is 1. The molecule has 0 heterocycles. The van der Waals surface area contributed by atoms with Gasteiger partial charge in [0.15, 0.2) is 11.5 Å². The SMILES string of the molecule is O=C(O)CC1(F)C(=O)CCC1C1CCCC1. The van der Waals surface area contributed by atoms with Crippen LogP contribution in [-0.2, 0) is 9.59 Å². The summed E-state index contributed by atoms with van der Waals surface area (Å²) in [5, 5.41) is 8.73. The van der Waals surface area contributed by atoms with E-state index in [1.54, 1.807) is 0 Å². The quantitative estimate of drug-likeness (QED) is 0.806. The molecule has 2 atom stereocenters. The Morgan fingerprint density at radius 3 is 2.56 bits per heavy atom. The molecule has 0 saturated heterocycles. The number of hydrogen-bond acceptors (Lipinski definition) is 2. The van der Waals surface area contributed by atoms with Gasteiger partial charge in [0.2, 0.25) is 0 Å². The van der Waals surface area contributed by atoms with E-state index in [1.807, 2.05) is 0 Å². The maximum Gasteiger partial charge on any atom is 0.307 e. The molecule has 2 aliphatic carbocycles. The van der Waals surface area contributed by atoms with Gasteiger partial charge in [-0.1, -0.05) is 25.7 Å². The molecule has 0 spiro atoms. The number of aliphatic carboxylic acids is 1. The summed E-state index contributed by atoms with van der Waals surface area (Å²) < 4.78 is 14.5. The lowest BCUT2D eigenvalue weighted by atomic mass is 9.79. The number of Topliss-reactive ketones (excluding diaryl/α,β-unsaturated/α-hetero) is 1. The first kappa shape index (κ1) is 11.6. The maximum absolute atomic E-state index is 14.5. The van der Waals surface area contributed by atoms with Crippen LogP contribution < -0.4 is 0 Å². The lowest BCUT2D eigenvalue weighted by Crippen LogP contribution is -2.40. The van der Waals surface area contributed by atoms with Crippen LogP contribution in [0.5, 0.6) is 0 Å². The van der Waals surface area contributed by atoms with Crippen LogP contribution in [0.15, 0.2) is 0 Å². The minimum absolute atomic E-state index is 0.213.